The number of carbonyl (C=O) groups excluding carboxylic acids is 2. The number of ether oxygens (including phenoxy) is 1. The first kappa shape index (κ1) is 15.3. The van der Waals surface area contributed by atoms with Crippen LogP contribution in [0.3, 0.4) is 0 Å². The summed E-state index contributed by atoms with van der Waals surface area (Å²) in [5.41, 5.74) is 0.191. The zero-order valence-corrected chi connectivity index (χ0v) is 12.5. The first-order valence-electron chi connectivity index (χ1n) is 6.75. The predicted molar refractivity (Wildman–Crippen MR) is 78.7 cm³/mol. The third-order valence-corrected chi connectivity index (χ3v) is 4.11. The Hall–Kier alpha value is -1.06. The van der Waals surface area contributed by atoms with Crippen LogP contribution in [0.25, 0.3) is 0 Å². The predicted octanol–water partition coefficient (Wildman–Crippen LogP) is 4.68. The van der Waals surface area contributed by atoms with Gasteiger partial charge >= 0.3 is 5.97 Å². The molecule has 1 aromatic carbocycles. The van der Waals surface area contributed by atoms with E-state index in [9.17, 15) is 9.59 Å². The van der Waals surface area contributed by atoms with Crippen molar-refractivity contribution in [1.82, 2.24) is 0 Å². The van der Waals surface area contributed by atoms with Crippen molar-refractivity contribution < 1.29 is 14.3 Å². The molecule has 1 aromatic rings. The summed E-state index contributed by atoms with van der Waals surface area (Å²) in [5, 5.41) is 0.511. The lowest BCUT2D eigenvalue weighted by atomic mass is 10.0. The number of carbonyl (C=O) groups is 2. The molecule has 1 saturated carbocycles. The van der Waals surface area contributed by atoms with Gasteiger partial charge in [0.2, 0.25) is 0 Å². The van der Waals surface area contributed by atoms with Crippen molar-refractivity contribution in [2.45, 2.75) is 38.5 Å². The molecule has 0 amide bonds. The lowest BCUT2D eigenvalue weighted by molar-refractivity contribution is -0.134. The Kier molecular flexibility index (Phi) is 5.44. The molecule has 0 N–H and O–H groups in total. The molecule has 0 bridgehead atoms. The number of hydrogen-bond acceptors (Lipinski definition) is 3. The number of esters is 1. The molecule has 1 aliphatic carbocycles. The molecule has 0 heterocycles. The maximum Gasteiger partial charge on any atom is 0.311 e. The normalized spacial score (nSPS) is 15.3. The van der Waals surface area contributed by atoms with Gasteiger partial charge in [-0.05, 0) is 24.5 Å². The van der Waals surface area contributed by atoms with Gasteiger partial charge in [0, 0.05) is 11.4 Å². The van der Waals surface area contributed by atoms with Crippen LogP contribution in [-0.4, -0.2) is 12.3 Å². The Bertz CT molecular complexity index is 508. The molecule has 20 heavy (non-hydrogen) atoms. The average Bonchev–Trinajstić information content (AvgIpc) is 2.92. The summed E-state index contributed by atoms with van der Waals surface area (Å²) < 4.78 is 5.22. The van der Waals surface area contributed by atoms with Crippen LogP contribution in [0.4, 0.5) is 0 Å². The standard InChI is InChI=1S/C15H16Cl2O3/c16-12-7-11(9-18)15(13(17)8-12)20-14(19)6-5-10-3-1-2-4-10/h7-10H,1-6H2. The second-order valence-electron chi connectivity index (χ2n) is 5.09. The third-order valence-electron chi connectivity index (χ3n) is 3.61. The molecule has 3 nitrogen and oxygen atoms in total. The van der Waals surface area contributed by atoms with Crippen LogP contribution in [0.1, 0.15) is 48.9 Å². The summed E-state index contributed by atoms with van der Waals surface area (Å²) >= 11 is 11.8. The summed E-state index contributed by atoms with van der Waals surface area (Å²) in [6.45, 7) is 0. The zero-order valence-electron chi connectivity index (χ0n) is 11.0. The van der Waals surface area contributed by atoms with E-state index in [0.717, 1.165) is 6.42 Å². The SMILES string of the molecule is O=Cc1cc(Cl)cc(Cl)c1OC(=O)CCC1CCCC1. The first-order chi connectivity index (χ1) is 9.60. The van der Waals surface area contributed by atoms with Crippen molar-refractivity contribution in [3.8, 4) is 5.75 Å². The maximum absolute atomic E-state index is 11.8. The van der Waals surface area contributed by atoms with Crippen LogP contribution < -0.4 is 4.74 Å². The van der Waals surface area contributed by atoms with Crippen LogP contribution >= 0.6 is 23.2 Å². The molecule has 0 aliphatic heterocycles. The summed E-state index contributed by atoms with van der Waals surface area (Å²) in [7, 11) is 0. The van der Waals surface area contributed by atoms with Gasteiger partial charge in [-0.3, -0.25) is 9.59 Å². The van der Waals surface area contributed by atoms with E-state index in [4.69, 9.17) is 27.9 Å². The molecule has 1 aliphatic rings. The fourth-order valence-electron chi connectivity index (χ4n) is 2.56. The van der Waals surface area contributed by atoms with Gasteiger partial charge in [0.15, 0.2) is 12.0 Å². The van der Waals surface area contributed by atoms with Crippen molar-refractivity contribution in [3.05, 3.63) is 27.7 Å². The summed E-state index contributed by atoms with van der Waals surface area (Å²) in [6.07, 6.45) is 6.64. The van der Waals surface area contributed by atoms with E-state index in [-0.39, 0.29) is 22.3 Å². The molecule has 2 rings (SSSR count). The molecular formula is C15H16Cl2O3. The molecule has 1 fully saturated rings. The number of halogens is 2. The zero-order chi connectivity index (χ0) is 14.5. The molecule has 0 saturated heterocycles. The van der Waals surface area contributed by atoms with Crippen molar-refractivity contribution in [2.75, 3.05) is 0 Å². The minimum Gasteiger partial charge on any atom is -0.424 e. The molecule has 5 heteroatoms. The number of hydrogen-bond donors (Lipinski definition) is 0. The average molecular weight is 315 g/mol. The maximum atomic E-state index is 11.8. The lowest BCUT2D eigenvalue weighted by Gasteiger charge is -2.11. The summed E-state index contributed by atoms with van der Waals surface area (Å²) in [4.78, 5) is 22.8. The minimum atomic E-state index is -0.357. The molecule has 0 radical (unpaired) electrons. The van der Waals surface area contributed by atoms with E-state index >= 15 is 0 Å². The van der Waals surface area contributed by atoms with Gasteiger partial charge in [-0.1, -0.05) is 48.9 Å². The van der Waals surface area contributed by atoms with Crippen molar-refractivity contribution in [3.63, 3.8) is 0 Å². The van der Waals surface area contributed by atoms with Gasteiger partial charge in [0.25, 0.3) is 0 Å². The van der Waals surface area contributed by atoms with Crippen molar-refractivity contribution in [2.24, 2.45) is 5.92 Å². The van der Waals surface area contributed by atoms with Gasteiger partial charge in [-0.25, -0.2) is 0 Å². The Morgan fingerprint density at radius 3 is 2.65 bits per heavy atom. The van der Waals surface area contributed by atoms with E-state index in [1.165, 1.54) is 37.8 Å². The number of rotatable bonds is 5. The number of aldehydes is 1. The largest absolute Gasteiger partial charge is 0.424 e. The van der Waals surface area contributed by atoms with E-state index in [0.29, 0.717) is 23.6 Å². The Labute approximate surface area is 128 Å². The molecule has 0 unspecified atom stereocenters. The smallest absolute Gasteiger partial charge is 0.311 e. The second-order valence-corrected chi connectivity index (χ2v) is 5.93. The first-order valence-corrected chi connectivity index (χ1v) is 7.50. The van der Waals surface area contributed by atoms with E-state index in [2.05, 4.69) is 0 Å². The highest BCUT2D eigenvalue weighted by atomic mass is 35.5. The van der Waals surface area contributed by atoms with Crippen LogP contribution in [0.5, 0.6) is 5.75 Å². The fraction of sp³-hybridized carbons (Fsp3) is 0.467. The molecule has 0 spiro atoms. The molecule has 0 atom stereocenters. The second kappa shape index (κ2) is 7.09. The van der Waals surface area contributed by atoms with Crippen molar-refractivity contribution in [1.29, 1.82) is 0 Å². The van der Waals surface area contributed by atoms with Crippen LogP contribution in [0.15, 0.2) is 12.1 Å². The fourth-order valence-corrected chi connectivity index (χ4v) is 3.11. The van der Waals surface area contributed by atoms with Crippen LogP contribution in [-0.2, 0) is 4.79 Å². The van der Waals surface area contributed by atoms with E-state index < -0.39 is 0 Å². The van der Waals surface area contributed by atoms with Crippen LogP contribution in [0, 0.1) is 5.92 Å². The molecular weight excluding hydrogens is 299 g/mol. The third kappa shape index (κ3) is 3.97. The van der Waals surface area contributed by atoms with Gasteiger partial charge in [-0.2, -0.15) is 0 Å². The topological polar surface area (TPSA) is 43.4 Å². The van der Waals surface area contributed by atoms with Gasteiger partial charge in [-0.15, -0.1) is 0 Å². The summed E-state index contributed by atoms with van der Waals surface area (Å²) in [5.74, 6) is 0.362. The highest BCUT2D eigenvalue weighted by Crippen LogP contribution is 2.33. The monoisotopic (exact) mass is 314 g/mol. The van der Waals surface area contributed by atoms with Gasteiger partial charge < -0.3 is 4.74 Å². The Balaban J connectivity index is 1.98. The minimum absolute atomic E-state index is 0.0995. The Morgan fingerprint density at radius 2 is 2.00 bits per heavy atom. The quantitative estimate of drug-likeness (QED) is 0.450. The van der Waals surface area contributed by atoms with Gasteiger partial charge in [0.05, 0.1) is 10.6 Å². The Morgan fingerprint density at radius 1 is 1.30 bits per heavy atom. The van der Waals surface area contributed by atoms with Gasteiger partial charge in [0.1, 0.15) is 0 Å². The molecule has 0 aromatic heterocycles. The molecule has 108 valence electrons. The highest BCUT2D eigenvalue weighted by molar-refractivity contribution is 6.36. The summed E-state index contributed by atoms with van der Waals surface area (Å²) in [6, 6.07) is 2.88. The highest BCUT2D eigenvalue weighted by Gasteiger charge is 2.18. The van der Waals surface area contributed by atoms with Crippen molar-refractivity contribution >= 4 is 35.5 Å². The lowest BCUT2D eigenvalue weighted by Crippen LogP contribution is -2.11. The van der Waals surface area contributed by atoms with E-state index in [1.54, 1.807) is 0 Å². The van der Waals surface area contributed by atoms with Crippen LogP contribution in [0.2, 0.25) is 10.0 Å². The van der Waals surface area contributed by atoms with E-state index in [1.807, 2.05) is 0 Å². The number of benzene rings is 1.